The Balaban J connectivity index is 1.59. The predicted molar refractivity (Wildman–Crippen MR) is 149 cm³/mol. The number of hydrogen-bond acceptors (Lipinski definition) is 6. The highest BCUT2D eigenvalue weighted by atomic mass is 35.5. The smallest absolute Gasteiger partial charge is 0.295 e. The molecule has 1 aliphatic heterocycles. The summed E-state index contributed by atoms with van der Waals surface area (Å²) < 4.78 is 16.2. The van der Waals surface area contributed by atoms with Gasteiger partial charge >= 0.3 is 0 Å². The molecule has 1 aromatic heterocycles. The number of likely N-dealkylation sites (tertiary alicyclic amines) is 1. The molecule has 5 rings (SSSR count). The van der Waals surface area contributed by atoms with Crippen molar-refractivity contribution in [3.05, 3.63) is 94.1 Å². The number of nitrogens with one attached hydrogen (secondary N) is 1. The van der Waals surface area contributed by atoms with Crippen molar-refractivity contribution in [2.75, 3.05) is 27.9 Å². The molecule has 1 atom stereocenters. The van der Waals surface area contributed by atoms with Gasteiger partial charge in [-0.05, 0) is 72.1 Å². The van der Waals surface area contributed by atoms with Gasteiger partial charge in [-0.15, -0.1) is 0 Å². The summed E-state index contributed by atoms with van der Waals surface area (Å²) >= 11 is 6.02. The van der Waals surface area contributed by atoms with Gasteiger partial charge in [-0.25, -0.2) is 0 Å². The van der Waals surface area contributed by atoms with Gasteiger partial charge in [-0.2, -0.15) is 0 Å². The number of ether oxygens (including phenoxy) is 3. The molecule has 0 radical (unpaired) electrons. The molecular formula is C30H27ClN2O6. The van der Waals surface area contributed by atoms with Crippen LogP contribution in [0.5, 0.6) is 17.2 Å². The quantitative estimate of drug-likeness (QED) is 0.172. The summed E-state index contributed by atoms with van der Waals surface area (Å²) in [5, 5.41) is 12.7. The number of halogens is 1. The van der Waals surface area contributed by atoms with E-state index in [4.69, 9.17) is 25.8 Å². The van der Waals surface area contributed by atoms with E-state index in [1.165, 1.54) is 19.1 Å². The van der Waals surface area contributed by atoms with Gasteiger partial charge in [0.2, 0.25) is 0 Å². The normalized spacial score (nSPS) is 16.6. The molecule has 2 heterocycles. The van der Waals surface area contributed by atoms with Crippen molar-refractivity contribution in [1.82, 2.24) is 9.88 Å². The van der Waals surface area contributed by atoms with Gasteiger partial charge in [0.1, 0.15) is 11.5 Å². The molecule has 1 saturated heterocycles. The second kappa shape index (κ2) is 10.7. The van der Waals surface area contributed by atoms with Crippen LogP contribution in [-0.4, -0.2) is 54.6 Å². The third-order valence-electron chi connectivity index (χ3n) is 6.98. The molecule has 4 aromatic rings. The Kier molecular flexibility index (Phi) is 7.21. The van der Waals surface area contributed by atoms with Gasteiger partial charge in [-0.3, -0.25) is 9.59 Å². The van der Waals surface area contributed by atoms with E-state index in [1.54, 1.807) is 49.6 Å². The van der Waals surface area contributed by atoms with E-state index < -0.39 is 17.7 Å². The van der Waals surface area contributed by atoms with Crippen LogP contribution >= 0.6 is 11.6 Å². The summed E-state index contributed by atoms with van der Waals surface area (Å²) in [6.45, 7) is 0.227. The van der Waals surface area contributed by atoms with Crippen molar-refractivity contribution in [3.63, 3.8) is 0 Å². The zero-order valence-corrected chi connectivity index (χ0v) is 22.4. The number of fused-ring (bicyclic) bond motifs is 1. The fourth-order valence-corrected chi connectivity index (χ4v) is 5.10. The number of aliphatic hydroxyl groups is 1. The number of aliphatic hydroxyl groups excluding tert-OH is 1. The Morgan fingerprint density at radius 2 is 1.69 bits per heavy atom. The first-order chi connectivity index (χ1) is 18.9. The van der Waals surface area contributed by atoms with E-state index in [2.05, 4.69) is 4.98 Å². The second-order valence-corrected chi connectivity index (χ2v) is 9.53. The lowest BCUT2D eigenvalue weighted by Crippen LogP contribution is -2.31. The molecule has 1 aliphatic rings. The van der Waals surface area contributed by atoms with Crippen molar-refractivity contribution in [2.45, 2.75) is 12.5 Å². The number of hydrogen-bond donors (Lipinski definition) is 2. The third-order valence-corrected chi connectivity index (χ3v) is 7.23. The molecule has 1 fully saturated rings. The van der Waals surface area contributed by atoms with Gasteiger partial charge < -0.3 is 29.2 Å². The minimum Gasteiger partial charge on any atom is -0.507 e. The maximum atomic E-state index is 13.4. The Labute approximate surface area is 230 Å². The molecule has 1 amide bonds. The molecule has 0 saturated carbocycles. The van der Waals surface area contributed by atoms with Crippen molar-refractivity contribution in [3.8, 4) is 17.2 Å². The highest BCUT2D eigenvalue weighted by Gasteiger charge is 2.46. The van der Waals surface area contributed by atoms with Crippen LogP contribution in [0, 0.1) is 0 Å². The van der Waals surface area contributed by atoms with Crippen molar-refractivity contribution in [1.29, 1.82) is 0 Å². The lowest BCUT2D eigenvalue weighted by molar-refractivity contribution is -0.139. The minimum absolute atomic E-state index is 0.00450. The van der Waals surface area contributed by atoms with Crippen LogP contribution in [0.3, 0.4) is 0 Å². The standard InChI is InChI=1S/C30H27ClN2O6/c1-37-21-9-10-23-22(15-21)19(16-32-23)12-13-33-27(18-6-11-24(38-2)25(14-18)39-3)26(29(35)30(33)36)28(34)17-4-7-20(31)8-5-17/h4-11,14-16,27,32,34H,12-13H2,1-3H3/b28-26-. The predicted octanol–water partition coefficient (Wildman–Crippen LogP) is 5.51. The number of benzene rings is 3. The van der Waals surface area contributed by atoms with E-state index in [0.29, 0.717) is 34.1 Å². The van der Waals surface area contributed by atoms with E-state index in [-0.39, 0.29) is 17.9 Å². The first-order valence-electron chi connectivity index (χ1n) is 12.3. The molecule has 0 bridgehead atoms. The fourth-order valence-electron chi connectivity index (χ4n) is 4.98. The Hall–Kier alpha value is -4.43. The van der Waals surface area contributed by atoms with E-state index >= 15 is 0 Å². The van der Waals surface area contributed by atoms with Crippen molar-refractivity contribution < 1.29 is 28.9 Å². The summed E-state index contributed by atoms with van der Waals surface area (Å²) in [6, 6.07) is 16.5. The van der Waals surface area contributed by atoms with Gasteiger partial charge in [0.15, 0.2) is 11.5 Å². The lowest BCUT2D eigenvalue weighted by Gasteiger charge is -2.26. The SMILES string of the molecule is COc1ccc2[nH]cc(CCN3C(=O)C(=O)/C(=C(\O)c4ccc(Cl)cc4)C3c3ccc(OC)c(OC)c3)c2c1. The van der Waals surface area contributed by atoms with Crippen LogP contribution in [0.25, 0.3) is 16.7 Å². The monoisotopic (exact) mass is 546 g/mol. The first-order valence-corrected chi connectivity index (χ1v) is 12.6. The molecule has 0 aliphatic carbocycles. The Morgan fingerprint density at radius 1 is 0.949 bits per heavy atom. The van der Waals surface area contributed by atoms with Gasteiger partial charge in [0, 0.05) is 34.2 Å². The second-order valence-electron chi connectivity index (χ2n) is 9.09. The molecule has 1 unspecified atom stereocenters. The van der Waals surface area contributed by atoms with Gasteiger partial charge in [-0.1, -0.05) is 17.7 Å². The Morgan fingerprint density at radius 3 is 2.38 bits per heavy atom. The lowest BCUT2D eigenvalue weighted by atomic mass is 9.95. The van der Waals surface area contributed by atoms with Crippen molar-refractivity contribution in [2.24, 2.45) is 0 Å². The van der Waals surface area contributed by atoms with Gasteiger partial charge in [0.25, 0.3) is 11.7 Å². The number of aromatic nitrogens is 1. The summed E-state index contributed by atoms with van der Waals surface area (Å²) in [7, 11) is 4.65. The van der Waals surface area contributed by atoms with E-state index in [9.17, 15) is 14.7 Å². The first kappa shape index (κ1) is 26.2. The zero-order chi connectivity index (χ0) is 27.7. The molecule has 0 spiro atoms. The number of carbonyl (C=O) groups is 2. The van der Waals surface area contributed by atoms with Crippen LogP contribution in [-0.2, 0) is 16.0 Å². The number of H-pyrrole nitrogens is 1. The number of methoxy groups -OCH3 is 3. The van der Waals surface area contributed by atoms with E-state index in [0.717, 1.165) is 22.2 Å². The van der Waals surface area contributed by atoms with Gasteiger partial charge in [0.05, 0.1) is 32.9 Å². The zero-order valence-electron chi connectivity index (χ0n) is 21.7. The average Bonchev–Trinajstić information content (AvgIpc) is 3.48. The molecule has 3 aromatic carbocycles. The van der Waals surface area contributed by atoms with Crippen LogP contribution in [0.1, 0.15) is 22.7 Å². The van der Waals surface area contributed by atoms with E-state index in [1.807, 2.05) is 24.4 Å². The number of carbonyl (C=O) groups excluding carboxylic acids is 2. The number of ketones is 1. The number of nitrogens with zero attached hydrogens (tertiary/aromatic N) is 1. The molecule has 8 nitrogen and oxygen atoms in total. The number of Topliss-reactive ketones (excluding diaryl/α,β-unsaturated/α-hetero) is 1. The van der Waals surface area contributed by atoms with Crippen molar-refractivity contribution >= 4 is 40.0 Å². The van der Waals surface area contributed by atoms with Crippen LogP contribution < -0.4 is 14.2 Å². The molecule has 9 heteroatoms. The summed E-state index contributed by atoms with van der Waals surface area (Å²) in [6.07, 6.45) is 2.35. The average molecular weight is 547 g/mol. The number of aromatic amines is 1. The molecule has 39 heavy (non-hydrogen) atoms. The molecule has 2 N–H and O–H groups in total. The topological polar surface area (TPSA) is 101 Å². The number of amides is 1. The summed E-state index contributed by atoms with van der Waals surface area (Å²) in [4.78, 5) is 31.6. The summed E-state index contributed by atoms with van der Waals surface area (Å²) in [5.74, 6) is -0.0637. The largest absolute Gasteiger partial charge is 0.507 e. The minimum atomic E-state index is -0.847. The Bertz CT molecular complexity index is 1590. The summed E-state index contributed by atoms with van der Waals surface area (Å²) in [5.41, 5.74) is 2.88. The molecular weight excluding hydrogens is 520 g/mol. The number of rotatable bonds is 8. The maximum absolute atomic E-state index is 13.4. The highest BCUT2D eigenvalue weighted by molar-refractivity contribution is 6.46. The van der Waals surface area contributed by atoms with Crippen LogP contribution in [0.2, 0.25) is 5.02 Å². The maximum Gasteiger partial charge on any atom is 0.295 e. The fraction of sp³-hybridized carbons (Fsp3) is 0.200. The third kappa shape index (κ3) is 4.79. The molecule has 200 valence electrons. The van der Waals surface area contributed by atoms with Crippen LogP contribution in [0.15, 0.2) is 72.4 Å². The highest BCUT2D eigenvalue weighted by Crippen LogP contribution is 2.42. The van der Waals surface area contributed by atoms with Crippen LogP contribution in [0.4, 0.5) is 0 Å².